The molecule has 1 N–H and O–H groups in total. The van der Waals surface area contributed by atoms with Crippen LogP contribution in [0.3, 0.4) is 0 Å². The molecule has 0 aliphatic rings. The van der Waals surface area contributed by atoms with E-state index in [1.807, 2.05) is 0 Å². The minimum Gasteiger partial charge on any atom is -0.444 e. The average molecular weight is 339 g/mol. The second-order valence-corrected chi connectivity index (χ2v) is 5.14. The molecule has 0 spiro atoms. The van der Waals surface area contributed by atoms with E-state index in [2.05, 4.69) is 10.3 Å². The van der Waals surface area contributed by atoms with Gasteiger partial charge in [-0.05, 0) is 18.2 Å². The van der Waals surface area contributed by atoms with Crippen molar-refractivity contribution in [1.82, 2.24) is 10.3 Å². The van der Waals surface area contributed by atoms with Gasteiger partial charge in [0.25, 0.3) is 5.91 Å². The molecule has 0 saturated carbocycles. The molecule has 0 fully saturated rings. The second kappa shape index (κ2) is 6.93. The minimum absolute atomic E-state index is 0.101. The maximum absolute atomic E-state index is 13.8. The van der Waals surface area contributed by atoms with Crippen molar-refractivity contribution in [3.63, 3.8) is 0 Å². The first kappa shape index (κ1) is 16.3. The lowest BCUT2D eigenvalue weighted by Gasteiger charge is -2.13. The van der Waals surface area contributed by atoms with Gasteiger partial charge in [-0.25, -0.2) is 13.8 Å². The molecule has 124 valence electrons. The molecule has 1 aromatic heterocycles. The Morgan fingerprint density at radius 2 is 1.96 bits per heavy atom. The Kier molecular flexibility index (Phi) is 4.53. The number of aromatic nitrogens is 1. The van der Waals surface area contributed by atoms with E-state index in [1.54, 1.807) is 30.3 Å². The first-order valence-electron chi connectivity index (χ1n) is 7.23. The molecule has 0 unspecified atom stereocenters. The van der Waals surface area contributed by atoms with Crippen molar-refractivity contribution in [3.8, 4) is 17.4 Å². The molecule has 3 aromatic rings. The van der Waals surface area contributed by atoms with Crippen LogP contribution < -0.4 is 5.32 Å². The number of rotatable bonds is 4. The van der Waals surface area contributed by atoms with Gasteiger partial charge in [-0.3, -0.25) is 4.79 Å². The second-order valence-electron chi connectivity index (χ2n) is 5.14. The van der Waals surface area contributed by atoms with Crippen LogP contribution in [-0.4, -0.2) is 10.9 Å². The fourth-order valence-electron chi connectivity index (χ4n) is 2.27. The van der Waals surface area contributed by atoms with Crippen molar-refractivity contribution in [3.05, 3.63) is 77.8 Å². The van der Waals surface area contributed by atoms with Gasteiger partial charge in [0.15, 0.2) is 12.2 Å². The maximum atomic E-state index is 13.8. The number of amides is 1. The molecule has 1 amide bonds. The molecule has 1 heterocycles. The van der Waals surface area contributed by atoms with Crippen LogP contribution in [0, 0.1) is 23.0 Å². The zero-order valence-corrected chi connectivity index (χ0v) is 12.7. The number of carbonyl (C=O) groups is 1. The SMILES string of the molecule is N#C[C@H](NC(=O)c1ccc(-c2cnco2)cc1)c1ccc(F)cc1F. The van der Waals surface area contributed by atoms with Crippen LogP contribution in [-0.2, 0) is 0 Å². The third kappa shape index (κ3) is 3.53. The number of hydrogen-bond donors (Lipinski definition) is 1. The molecule has 0 saturated heterocycles. The highest BCUT2D eigenvalue weighted by Crippen LogP contribution is 2.21. The van der Waals surface area contributed by atoms with Crippen molar-refractivity contribution >= 4 is 5.91 Å². The van der Waals surface area contributed by atoms with Crippen molar-refractivity contribution in [2.45, 2.75) is 6.04 Å². The van der Waals surface area contributed by atoms with E-state index < -0.39 is 23.6 Å². The molecule has 7 heteroatoms. The van der Waals surface area contributed by atoms with E-state index in [1.165, 1.54) is 12.6 Å². The molecule has 1 atom stereocenters. The first-order chi connectivity index (χ1) is 12.1. The fourth-order valence-corrected chi connectivity index (χ4v) is 2.27. The lowest BCUT2D eigenvalue weighted by Crippen LogP contribution is -2.28. The molecular formula is C18H11F2N3O2. The molecular weight excluding hydrogens is 328 g/mol. The van der Waals surface area contributed by atoms with E-state index >= 15 is 0 Å². The normalized spacial score (nSPS) is 11.6. The molecule has 0 bridgehead atoms. The Morgan fingerprint density at radius 1 is 1.20 bits per heavy atom. The quantitative estimate of drug-likeness (QED) is 0.787. The van der Waals surface area contributed by atoms with E-state index in [0.29, 0.717) is 11.8 Å². The summed E-state index contributed by atoms with van der Waals surface area (Å²) in [5.41, 5.74) is 0.914. The van der Waals surface area contributed by atoms with E-state index in [-0.39, 0.29) is 11.1 Å². The highest BCUT2D eigenvalue weighted by atomic mass is 19.1. The summed E-state index contributed by atoms with van der Waals surface area (Å²) in [5, 5.41) is 11.6. The summed E-state index contributed by atoms with van der Waals surface area (Å²) in [5.74, 6) is -1.66. The van der Waals surface area contributed by atoms with Crippen LogP contribution in [0.25, 0.3) is 11.3 Å². The zero-order valence-electron chi connectivity index (χ0n) is 12.7. The Balaban J connectivity index is 1.77. The first-order valence-corrected chi connectivity index (χ1v) is 7.23. The number of benzene rings is 2. The largest absolute Gasteiger partial charge is 0.444 e. The summed E-state index contributed by atoms with van der Waals surface area (Å²) in [6.07, 6.45) is 2.84. The van der Waals surface area contributed by atoms with Crippen molar-refractivity contribution in [1.29, 1.82) is 5.26 Å². The number of nitriles is 1. The zero-order chi connectivity index (χ0) is 17.8. The Morgan fingerprint density at radius 3 is 2.56 bits per heavy atom. The Labute approximate surface area is 141 Å². The van der Waals surface area contributed by atoms with Crippen molar-refractivity contribution < 1.29 is 18.0 Å². The van der Waals surface area contributed by atoms with Crippen molar-refractivity contribution in [2.75, 3.05) is 0 Å². The van der Waals surface area contributed by atoms with Crippen LogP contribution in [0.4, 0.5) is 8.78 Å². The van der Waals surface area contributed by atoms with Gasteiger partial charge in [0.1, 0.15) is 17.7 Å². The standard InChI is InChI=1S/C18H11F2N3O2/c19-13-5-6-14(15(20)7-13)16(8-21)23-18(24)12-3-1-11(2-4-12)17-9-22-10-25-17/h1-7,9-10,16H,(H,23,24)/t16-/m0/s1. The highest BCUT2D eigenvalue weighted by Gasteiger charge is 2.19. The van der Waals surface area contributed by atoms with Gasteiger partial charge in [-0.2, -0.15) is 5.26 Å². The van der Waals surface area contributed by atoms with E-state index in [9.17, 15) is 18.8 Å². The molecule has 0 radical (unpaired) electrons. The van der Waals surface area contributed by atoms with Gasteiger partial charge < -0.3 is 9.73 Å². The number of nitrogens with one attached hydrogen (secondary N) is 1. The van der Waals surface area contributed by atoms with Crippen LogP contribution in [0.15, 0.2) is 59.5 Å². The predicted octanol–water partition coefficient (Wildman–Crippen LogP) is 3.61. The van der Waals surface area contributed by atoms with Gasteiger partial charge in [-0.1, -0.05) is 18.2 Å². The average Bonchev–Trinajstić information content (AvgIpc) is 3.15. The summed E-state index contributed by atoms with van der Waals surface area (Å²) in [7, 11) is 0. The summed E-state index contributed by atoms with van der Waals surface area (Å²) in [4.78, 5) is 16.1. The van der Waals surface area contributed by atoms with E-state index in [4.69, 9.17) is 4.42 Å². The molecule has 25 heavy (non-hydrogen) atoms. The van der Waals surface area contributed by atoms with Gasteiger partial charge in [0.05, 0.1) is 12.3 Å². The topological polar surface area (TPSA) is 78.9 Å². The number of hydrogen-bond acceptors (Lipinski definition) is 4. The third-order valence-corrected chi connectivity index (χ3v) is 3.54. The molecule has 2 aromatic carbocycles. The predicted molar refractivity (Wildman–Crippen MR) is 84.1 cm³/mol. The highest BCUT2D eigenvalue weighted by molar-refractivity contribution is 5.95. The molecule has 3 rings (SSSR count). The smallest absolute Gasteiger partial charge is 0.252 e. The van der Waals surface area contributed by atoms with Gasteiger partial charge >= 0.3 is 0 Å². The Hall–Kier alpha value is -3.53. The third-order valence-electron chi connectivity index (χ3n) is 3.54. The molecule has 0 aliphatic heterocycles. The minimum atomic E-state index is -1.23. The molecule has 5 nitrogen and oxygen atoms in total. The molecule has 0 aliphatic carbocycles. The Bertz CT molecular complexity index is 932. The van der Waals surface area contributed by atoms with Gasteiger partial charge in [-0.15, -0.1) is 0 Å². The number of nitrogens with zero attached hydrogens (tertiary/aromatic N) is 2. The van der Waals surface area contributed by atoms with Crippen LogP contribution in [0.5, 0.6) is 0 Å². The summed E-state index contributed by atoms with van der Waals surface area (Å²) in [6.45, 7) is 0. The monoisotopic (exact) mass is 339 g/mol. The summed E-state index contributed by atoms with van der Waals surface area (Å²) in [6, 6.07) is 9.80. The van der Waals surface area contributed by atoms with Crippen LogP contribution >= 0.6 is 0 Å². The number of oxazole rings is 1. The fraction of sp³-hybridized carbons (Fsp3) is 0.0556. The number of carbonyl (C=O) groups excluding carboxylic acids is 1. The van der Waals surface area contributed by atoms with E-state index in [0.717, 1.165) is 17.7 Å². The van der Waals surface area contributed by atoms with Crippen molar-refractivity contribution in [2.24, 2.45) is 0 Å². The van der Waals surface area contributed by atoms with Gasteiger partial charge in [0.2, 0.25) is 0 Å². The number of halogens is 2. The lowest BCUT2D eigenvalue weighted by molar-refractivity contribution is 0.0944. The summed E-state index contributed by atoms with van der Waals surface area (Å²) < 4.78 is 31.9. The summed E-state index contributed by atoms with van der Waals surface area (Å²) >= 11 is 0. The van der Waals surface area contributed by atoms with Crippen LogP contribution in [0.1, 0.15) is 22.0 Å². The maximum Gasteiger partial charge on any atom is 0.252 e. The van der Waals surface area contributed by atoms with Gasteiger partial charge in [0, 0.05) is 22.8 Å². The van der Waals surface area contributed by atoms with Crippen LogP contribution in [0.2, 0.25) is 0 Å². The lowest BCUT2D eigenvalue weighted by atomic mass is 10.1.